The van der Waals surface area contributed by atoms with Crippen LogP contribution in [0.3, 0.4) is 0 Å². The van der Waals surface area contributed by atoms with Crippen LogP contribution in [0.5, 0.6) is 0 Å². The van der Waals surface area contributed by atoms with Crippen LogP contribution in [0.15, 0.2) is 0 Å². The second-order valence-corrected chi connectivity index (χ2v) is 18.1. The van der Waals surface area contributed by atoms with Gasteiger partial charge in [-0.3, -0.25) is 14.4 Å². The van der Waals surface area contributed by atoms with Gasteiger partial charge in [0, 0.05) is 12.8 Å². The van der Waals surface area contributed by atoms with Crippen LogP contribution in [0.4, 0.5) is 0 Å². The van der Waals surface area contributed by atoms with E-state index in [9.17, 15) is 75.7 Å². The maximum Gasteiger partial charge on any atom is 0.305 e. The number of rotatable bonds is 44. The number of unbranched alkanes of at least 4 members (excludes halogenated alkanes) is 1. The van der Waals surface area contributed by atoms with Gasteiger partial charge in [0.25, 0.3) is 0 Å². The molecule has 2 amide bonds. The van der Waals surface area contributed by atoms with Crippen molar-refractivity contribution in [1.29, 1.82) is 0 Å². The molecule has 33 heteroatoms. The Bertz CT molecular complexity index is 1470. The van der Waals surface area contributed by atoms with Crippen LogP contribution in [0, 0.1) is 0 Å². The van der Waals surface area contributed by atoms with Crippen LogP contribution in [-0.4, -0.2) is 330 Å². The van der Waals surface area contributed by atoms with Gasteiger partial charge in [-0.2, -0.15) is 0 Å². The standard InChI is InChI=1S/C46H84N2O31/c1-64-33(54)5-3-2-4-31(52)47-18-32(53)48-46(22-71-25-68-9-6-65-12-15-74-43-40(61)37(58)34(55)28(19-49)77-43,23-72-26-69-10-7-66-13-16-75-44-41(62)38(59)35(56)29(20-50)78-44)24-73-27-70-11-8-67-14-17-76-45-42(63)39(60)36(57)30(21-51)79-45/h28-30,34-45,49-51,55-63H,2-27H2,1H3,(H,47,52)(H,48,53). The molecule has 33 nitrogen and oxygen atoms in total. The predicted molar refractivity (Wildman–Crippen MR) is 256 cm³/mol. The lowest BCUT2D eigenvalue weighted by Gasteiger charge is -2.39. The average molecular weight is 1160 g/mol. The molecule has 0 radical (unpaired) electrons. The third kappa shape index (κ3) is 26.2. The number of carbonyl (C=O) groups is 3. The number of amides is 2. The van der Waals surface area contributed by atoms with E-state index in [1.165, 1.54) is 7.11 Å². The first-order chi connectivity index (χ1) is 38.0. The highest BCUT2D eigenvalue weighted by atomic mass is 16.7. The predicted octanol–water partition coefficient (Wildman–Crippen LogP) is -8.84. The number of methoxy groups -OCH3 is 1. The number of ether oxygens (including phenoxy) is 16. The Morgan fingerprint density at radius 2 is 0.747 bits per heavy atom. The normalized spacial score (nSPS) is 30.0. The Morgan fingerprint density at radius 3 is 1.09 bits per heavy atom. The van der Waals surface area contributed by atoms with E-state index in [1.807, 2.05) is 0 Å². The van der Waals surface area contributed by atoms with Crippen LogP contribution in [0.2, 0.25) is 0 Å². The summed E-state index contributed by atoms with van der Waals surface area (Å²) in [7, 11) is 1.26. The fourth-order valence-corrected chi connectivity index (χ4v) is 7.51. The summed E-state index contributed by atoms with van der Waals surface area (Å²) in [6, 6.07) is 0. The van der Waals surface area contributed by atoms with Crippen molar-refractivity contribution < 1.29 is 151 Å². The highest BCUT2D eigenvalue weighted by Crippen LogP contribution is 2.24. The van der Waals surface area contributed by atoms with E-state index >= 15 is 0 Å². The number of hydrogen-bond donors (Lipinski definition) is 14. The van der Waals surface area contributed by atoms with Gasteiger partial charge in [-0.05, 0) is 12.8 Å². The van der Waals surface area contributed by atoms with Crippen molar-refractivity contribution in [3.05, 3.63) is 0 Å². The molecular formula is C46H84N2O31. The van der Waals surface area contributed by atoms with Crippen LogP contribution in [0.25, 0.3) is 0 Å². The molecule has 79 heavy (non-hydrogen) atoms. The van der Waals surface area contributed by atoms with Gasteiger partial charge in [0.15, 0.2) is 18.9 Å². The fraction of sp³-hybridized carbons (Fsp3) is 0.935. The number of aliphatic hydroxyl groups excluding tert-OH is 12. The molecule has 15 unspecified atom stereocenters. The summed E-state index contributed by atoms with van der Waals surface area (Å²) >= 11 is 0. The smallest absolute Gasteiger partial charge is 0.305 e. The number of hydrogen-bond acceptors (Lipinski definition) is 31. The number of aliphatic hydroxyl groups is 12. The van der Waals surface area contributed by atoms with Crippen LogP contribution in [-0.2, 0) is 90.2 Å². The van der Waals surface area contributed by atoms with E-state index in [0.29, 0.717) is 12.8 Å². The first-order valence-electron chi connectivity index (χ1n) is 25.6. The van der Waals surface area contributed by atoms with E-state index in [2.05, 4.69) is 15.4 Å². The molecular weight excluding hydrogens is 1080 g/mol. The quantitative estimate of drug-likeness (QED) is 0.0153. The molecule has 15 atom stereocenters. The van der Waals surface area contributed by atoms with Crippen LogP contribution < -0.4 is 10.6 Å². The average Bonchev–Trinajstić information content (AvgIpc) is 3.46. The Kier molecular flexibility index (Phi) is 36.2. The molecule has 3 saturated heterocycles. The molecule has 3 aliphatic rings. The molecule has 0 aliphatic carbocycles. The van der Waals surface area contributed by atoms with Gasteiger partial charge in [0.2, 0.25) is 11.8 Å². The second kappa shape index (κ2) is 40.5. The minimum absolute atomic E-state index is 0.00361. The zero-order valence-corrected chi connectivity index (χ0v) is 44.2. The summed E-state index contributed by atoms with van der Waals surface area (Å²) < 4.78 is 87.2. The Balaban J connectivity index is 1.53. The fourth-order valence-electron chi connectivity index (χ4n) is 7.51. The highest BCUT2D eigenvalue weighted by Gasteiger charge is 2.46. The number of nitrogens with one attached hydrogen (secondary N) is 2. The Labute approximate surface area is 455 Å². The Hall–Kier alpha value is -2.67. The topological polar surface area (TPSA) is 466 Å². The van der Waals surface area contributed by atoms with Crippen molar-refractivity contribution in [2.24, 2.45) is 0 Å². The van der Waals surface area contributed by atoms with Gasteiger partial charge in [-0.15, -0.1) is 0 Å². The van der Waals surface area contributed by atoms with Crippen LogP contribution >= 0.6 is 0 Å². The van der Waals surface area contributed by atoms with Gasteiger partial charge in [-0.1, -0.05) is 0 Å². The molecule has 0 aromatic heterocycles. The molecule has 0 saturated carbocycles. The molecule has 14 N–H and O–H groups in total. The first-order valence-corrected chi connectivity index (χ1v) is 25.6. The summed E-state index contributed by atoms with van der Waals surface area (Å²) in [5.41, 5.74) is -1.51. The van der Waals surface area contributed by atoms with Crippen molar-refractivity contribution in [3.8, 4) is 0 Å². The second-order valence-electron chi connectivity index (χ2n) is 18.1. The highest BCUT2D eigenvalue weighted by molar-refractivity contribution is 5.85. The maximum atomic E-state index is 13.4. The summed E-state index contributed by atoms with van der Waals surface area (Å²) in [4.78, 5) is 37.5. The van der Waals surface area contributed by atoms with Gasteiger partial charge in [-0.25, -0.2) is 0 Å². The molecule has 3 aliphatic heterocycles. The lowest BCUT2D eigenvalue weighted by atomic mass is 9.99. The molecule has 464 valence electrons. The van der Waals surface area contributed by atoms with Gasteiger partial charge >= 0.3 is 5.97 Å². The summed E-state index contributed by atoms with van der Waals surface area (Å²) in [6.45, 7) is -4.49. The third-order valence-electron chi connectivity index (χ3n) is 11.9. The zero-order chi connectivity index (χ0) is 58.0. The van der Waals surface area contributed by atoms with E-state index in [4.69, 9.17) is 71.1 Å². The molecule has 0 spiro atoms. The van der Waals surface area contributed by atoms with Gasteiger partial charge < -0.3 is 148 Å². The van der Waals surface area contributed by atoms with Crippen molar-refractivity contribution in [2.45, 2.75) is 123 Å². The monoisotopic (exact) mass is 1160 g/mol. The first kappa shape index (κ1) is 70.6. The SMILES string of the molecule is COC(=O)CCCCC(=O)NCC(=O)NC(COCOCCOCCOC1OC(CO)C(O)C(O)C1O)(COCOCCOCCOC1OC(CO)C(O)C(O)C1O)COCOCCOCCOC1OC(CO)C(O)C(O)C1O. The molecule has 3 heterocycles. The largest absolute Gasteiger partial charge is 0.469 e. The Morgan fingerprint density at radius 1 is 0.418 bits per heavy atom. The van der Waals surface area contributed by atoms with E-state index in [1.54, 1.807) is 0 Å². The molecule has 0 bridgehead atoms. The number of carbonyl (C=O) groups excluding carboxylic acids is 3. The maximum absolute atomic E-state index is 13.4. The third-order valence-corrected chi connectivity index (χ3v) is 11.9. The zero-order valence-electron chi connectivity index (χ0n) is 44.2. The van der Waals surface area contributed by atoms with E-state index in [-0.39, 0.29) is 132 Å². The lowest BCUT2D eigenvalue weighted by molar-refractivity contribution is -0.302. The molecule has 3 rings (SSSR count). The van der Waals surface area contributed by atoms with E-state index in [0.717, 1.165) is 0 Å². The summed E-state index contributed by atoms with van der Waals surface area (Å²) in [5, 5.41) is 124. The van der Waals surface area contributed by atoms with E-state index < -0.39 is 142 Å². The van der Waals surface area contributed by atoms with Crippen molar-refractivity contribution in [3.63, 3.8) is 0 Å². The van der Waals surface area contributed by atoms with Crippen molar-refractivity contribution >= 4 is 17.8 Å². The van der Waals surface area contributed by atoms with Crippen molar-refractivity contribution in [1.82, 2.24) is 10.6 Å². The van der Waals surface area contributed by atoms with Gasteiger partial charge in [0.1, 0.15) is 99.2 Å². The van der Waals surface area contributed by atoms with Gasteiger partial charge in [0.05, 0.1) is 133 Å². The lowest BCUT2D eigenvalue weighted by Crippen LogP contribution is -2.60. The molecule has 3 fully saturated rings. The molecule has 0 aromatic rings. The van der Waals surface area contributed by atoms with Crippen molar-refractivity contribution in [2.75, 3.05) is 153 Å². The minimum Gasteiger partial charge on any atom is -0.469 e. The molecule has 0 aromatic carbocycles. The summed E-state index contributed by atoms with van der Waals surface area (Å²) in [6.07, 6.45) is -20.7. The van der Waals surface area contributed by atoms with Crippen LogP contribution in [0.1, 0.15) is 25.7 Å². The summed E-state index contributed by atoms with van der Waals surface area (Å²) in [5.74, 6) is -1.56. The minimum atomic E-state index is -1.61. The number of esters is 1.